The number of amides is 3. The minimum atomic E-state index is -0.425. The van der Waals surface area contributed by atoms with Gasteiger partial charge in [0.05, 0.1) is 24.5 Å². The summed E-state index contributed by atoms with van der Waals surface area (Å²) in [6.07, 6.45) is 4.92. The summed E-state index contributed by atoms with van der Waals surface area (Å²) in [7, 11) is 1.31. The summed E-state index contributed by atoms with van der Waals surface area (Å²) in [5.74, 6) is -1.55. The number of rotatable bonds is 5. The largest absolute Gasteiger partial charge is 0.465 e. The molecule has 4 atom stereocenters. The van der Waals surface area contributed by atoms with Gasteiger partial charge in [0.25, 0.3) is 0 Å². The number of carbonyl (C=O) groups excluding carboxylic acids is 4. The second-order valence-electron chi connectivity index (χ2n) is 7.23. The zero-order valence-corrected chi connectivity index (χ0v) is 14.9. The lowest BCUT2D eigenvalue weighted by molar-refractivity contribution is -0.144. The average molecular weight is 368 g/mol. The van der Waals surface area contributed by atoms with Crippen molar-refractivity contribution in [2.24, 2.45) is 23.7 Å². The first-order valence-corrected chi connectivity index (χ1v) is 8.97. The van der Waals surface area contributed by atoms with Crippen LogP contribution in [0, 0.1) is 23.7 Å². The van der Waals surface area contributed by atoms with Crippen molar-refractivity contribution in [2.75, 3.05) is 13.7 Å². The maximum atomic E-state index is 12.6. The van der Waals surface area contributed by atoms with E-state index in [4.69, 9.17) is 0 Å². The van der Waals surface area contributed by atoms with Gasteiger partial charge < -0.3 is 10.1 Å². The van der Waals surface area contributed by atoms with E-state index in [2.05, 4.69) is 10.1 Å². The van der Waals surface area contributed by atoms with Gasteiger partial charge in [-0.05, 0) is 36.0 Å². The van der Waals surface area contributed by atoms with E-state index < -0.39 is 5.97 Å². The Hall–Kier alpha value is -2.96. The van der Waals surface area contributed by atoms with Gasteiger partial charge in [0.2, 0.25) is 17.7 Å². The Bertz CT molecular complexity index is 814. The molecule has 4 rings (SSSR count). The number of carbonyl (C=O) groups is 4. The first-order valence-electron chi connectivity index (χ1n) is 8.97. The molecule has 7 heteroatoms. The molecular weight excluding hydrogens is 348 g/mol. The Balaban J connectivity index is 1.33. The van der Waals surface area contributed by atoms with Gasteiger partial charge in [0, 0.05) is 6.54 Å². The highest BCUT2D eigenvalue weighted by molar-refractivity contribution is 6.08. The third-order valence-corrected chi connectivity index (χ3v) is 5.73. The number of hydrogen-bond donors (Lipinski definition) is 1. The highest BCUT2D eigenvalue weighted by atomic mass is 16.5. The number of esters is 1. The summed E-state index contributed by atoms with van der Waals surface area (Å²) in [5, 5.41) is 2.72. The Morgan fingerprint density at radius 2 is 1.67 bits per heavy atom. The maximum absolute atomic E-state index is 12.6. The molecule has 1 N–H and O–H groups in total. The highest BCUT2D eigenvalue weighted by Gasteiger charge is 2.59. The Kier molecular flexibility index (Phi) is 4.30. The van der Waals surface area contributed by atoms with Gasteiger partial charge in [-0.2, -0.15) is 0 Å². The van der Waals surface area contributed by atoms with Gasteiger partial charge in [-0.15, -0.1) is 0 Å². The zero-order valence-electron chi connectivity index (χ0n) is 14.9. The number of imide groups is 1. The van der Waals surface area contributed by atoms with E-state index in [0.29, 0.717) is 5.56 Å². The second kappa shape index (κ2) is 6.64. The van der Waals surface area contributed by atoms with Crippen LogP contribution >= 0.6 is 0 Å². The molecule has 4 unspecified atom stereocenters. The third-order valence-electron chi connectivity index (χ3n) is 5.73. The molecule has 1 saturated heterocycles. The van der Waals surface area contributed by atoms with Crippen LogP contribution in [0.4, 0.5) is 0 Å². The summed E-state index contributed by atoms with van der Waals surface area (Å²) in [5.41, 5.74) is 1.23. The lowest BCUT2D eigenvalue weighted by Gasteiger charge is -2.16. The van der Waals surface area contributed by atoms with E-state index in [1.54, 1.807) is 24.3 Å². The van der Waals surface area contributed by atoms with Crippen molar-refractivity contribution in [2.45, 2.75) is 13.0 Å². The van der Waals surface area contributed by atoms with E-state index in [-0.39, 0.29) is 54.5 Å². The van der Waals surface area contributed by atoms with Gasteiger partial charge in [0.1, 0.15) is 6.54 Å². The quantitative estimate of drug-likeness (QED) is 0.473. The van der Waals surface area contributed by atoms with Crippen LogP contribution in [-0.4, -0.2) is 42.2 Å². The second-order valence-corrected chi connectivity index (χ2v) is 7.23. The van der Waals surface area contributed by atoms with Crippen LogP contribution in [0.25, 0.3) is 0 Å². The molecule has 2 bridgehead atoms. The van der Waals surface area contributed by atoms with Gasteiger partial charge in [-0.1, -0.05) is 24.3 Å². The standard InChI is InChI=1S/C20H20N2O5/c1-27-20(26)12-4-2-11(3-5-12)9-21-15(23)10-22-18(24)16-13-6-7-14(8-13)17(16)19(22)25/h2-7,13-14,16-17H,8-10H2,1H3,(H,21,23). The SMILES string of the molecule is COC(=O)c1ccc(CNC(=O)CN2C(=O)C3C4C=CC(C4)C3C2=O)cc1. The van der Waals surface area contributed by atoms with Crippen LogP contribution in [0.2, 0.25) is 0 Å². The fourth-order valence-corrected chi connectivity index (χ4v) is 4.40. The fraction of sp³-hybridized carbons (Fsp3) is 0.400. The number of fused-ring (bicyclic) bond motifs is 5. The maximum Gasteiger partial charge on any atom is 0.337 e. The lowest BCUT2D eigenvalue weighted by Crippen LogP contribution is -2.41. The van der Waals surface area contributed by atoms with Gasteiger partial charge in [0.15, 0.2) is 0 Å². The van der Waals surface area contributed by atoms with Crippen LogP contribution in [0.15, 0.2) is 36.4 Å². The number of methoxy groups -OCH3 is 1. The molecule has 0 aromatic heterocycles. The predicted molar refractivity (Wildman–Crippen MR) is 94.1 cm³/mol. The summed E-state index contributed by atoms with van der Waals surface area (Å²) in [4.78, 5) is 49.9. The van der Waals surface area contributed by atoms with Crippen molar-refractivity contribution in [1.29, 1.82) is 0 Å². The predicted octanol–water partition coefficient (Wildman–Crippen LogP) is 0.896. The van der Waals surface area contributed by atoms with Crippen molar-refractivity contribution in [3.05, 3.63) is 47.5 Å². The first kappa shape index (κ1) is 17.5. The molecule has 2 fully saturated rings. The topological polar surface area (TPSA) is 92.8 Å². The highest BCUT2D eigenvalue weighted by Crippen LogP contribution is 2.52. The van der Waals surface area contributed by atoms with E-state index in [0.717, 1.165) is 16.9 Å². The minimum Gasteiger partial charge on any atom is -0.465 e. The Labute approximate surface area is 156 Å². The Morgan fingerprint density at radius 3 is 2.22 bits per heavy atom. The zero-order chi connectivity index (χ0) is 19.1. The van der Waals surface area contributed by atoms with Crippen LogP contribution < -0.4 is 5.32 Å². The van der Waals surface area contributed by atoms with Crippen LogP contribution in [-0.2, 0) is 25.7 Å². The number of ether oxygens (including phenoxy) is 1. The smallest absolute Gasteiger partial charge is 0.337 e. The molecule has 140 valence electrons. The van der Waals surface area contributed by atoms with Crippen molar-refractivity contribution < 1.29 is 23.9 Å². The normalized spacial score (nSPS) is 27.8. The number of allylic oxidation sites excluding steroid dienone is 2. The fourth-order valence-electron chi connectivity index (χ4n) is 4.40. The summed E-state index contributed by atoms with van der Waals surface area (Å²) in [6.45, 7) is 0.000516. The summed E-state index contributed by atoms with van der Waals surface area (Å²) < 4.78 is 4.64. The molecule has 1 saturated carbocycles. The first-order chi connectivity index (χ1) is 13.0. The summed E-state index contributed by atoms with van der Waals surface area (Å²) in [6, 6.07) is 6.66. The van der Waals surface area contributed by atoms with Crippen LogP contribution in [0.1, 0.15) is 22.3 Å². The molecule has 0 radical (unpaired) electrons. The van der Waals surface area contributed by atoms with E-state index >= 15 is 0 Å². The number of likely N-dealkylation sites (tertiary alicyclic amines) is 1. The third kappa shape index (κ3) is 2.93. The van der Waals surface area contributed by atoms with Crippen molar-refractivity contribution in [3.8, 4) is 0 Å². The average Bonchev–Trinajstić information content (AvgIpc) is 3.36. The minimum absolute atomic E-state index is 0.137. The Morgan fingerprint density at radius 1 is 1.07 bits per heavy atom. The molecule has 1 aliphatic heterocycles. The number of hydrogen-bond acceptors (Lipinski definition) is 5. The van der Waals surface area contributed by atoms with Gasteiger partial charge >= 0.3 is 5.97 Å². The van der Waals surface area contributed by atoms with Crippen LogP contribution in [0.5, 0.6) is 0 Å². The molecular formula is C20H20N2O5. The van der Waals surface area contributed by atoms with Crippen molar-refractivity contribution in [3.63, 3.8) is 0 Å². The molecule has 1 aromatic rings. The summed E-state index contributed by atoms with van der Waals surface area (Å²) >= 11 is 0. The van der Waals surface area contributed by atoms with Crippen LogP contribution in [0.3, 0.4) is 0 Å². The number of benzene rings is 1. The van der Waals surface area contributed by atoms with E-state index in [1.165, 1.54) is 7.11 Å². The van der Waals surface area contributed by atoms with Gasteiger partial charge in [-0.25, -0.2) is 4.79 Å². The van der Waals surface area contributed by atoms with Crippen molar-refractivity contribution in [1.82, 2.24) is 10.2 Å². The number of nitrogens with zero attached hydrogens (tertiary/aromatic N) is 1. The molecule has 1 aromatic carbocycles. The molecule has 3 aliphatic rings. The van der Waals surface area contributed by atoms with E-state index in [1.807, 2.05) is 12.2 Å². The lowest BCUT2D eigenvalue weighted by atomic mass is 9.85. The molecule has 7 nitrogen and oxygen atoms in total. The van der Waals surface area contributed by atoms with Crippen molar-refractivity contribution >= 4 is 23.7 Å². The molecule has 3 amide bonds. The molecule has 27 heavy (non-hydrogen) atoms. The molecule has 2 aliphatic carbocycles. The number of nitrogens with one attached hydrogen (secondary N) is 1. The monoisotopic (exact) mass is 368 g/mol. The molecule has 0 spiro atoms. The van der Waals surface area contributed by atoms with E-state index in [9.17, 15) is 19.2 Å². The molecule has 1 heterocycles. The van der Waals surface area contributed by atoms with Gasteiger partial charge in [-0.3, -0.25) is 19.3 Å².